The highest BCUT2D eigenvalue weighted by atomic mass is 35.5. The van der Waals surface area contributed by atoms with Crippen LogP contribution in [-0.4, -0.2) is 68.0 Å². The summed E-state index contributed by atoms with van der Waals surface area (Å²) in [6.07, 6.45) is 0.347. The zero-order chi connectivity index (χ0) is 31.9. The standard InChI is InChI=1S/C18H20Cl2N2O3S2.C12H8Cl2O2S/c19-13-1-3-15(16(20)11-13)17-4-2-14(26-17)12-18(23)21-5-6-22-7-9-27(24,25)10-8-22;13-7-1-3-9(10(14)5-7)11-4-2-8(17-11)6-12(15)16/h1-4,11H,5-10,12H2,(H,21,23);1-5H,6H2,(H,15,16). The van der Waals surface area contributed by atoms with Gasteiger partial charge in [-0.15, -0.1) is 22.7 Å². The molecule has 4 aromatic rings. The zero-order valence-electron chi connectivity index (χ0n) is 23.2. The number of carbonyl (C=O) groups excluding carboxylic acids is 1. The maximum atomic E-state index is 12.2. The molecule has 0 aliphatic carbocycles. The van der Waals surface area contributed by atoms with E-state index in [4.69, 9.17) is 51.5 Å². The van der Waals surface area contributed by atoms with Crippen LogP contribution >= 0.6 is 69.1 Å². The van der Waals surface area contributed by atoms with Crippen LogP contribution < -0.4 is 5.32 Å². The lowest BCUT2D eigenvalue weighted by Gasteiger charge is -2.26. The molecule has 0 unspecified atom stereocenters. The maximum Gasteiger partial charge on any atom is 0.308 e. The van der Waals surface area contributed by atoms with Gasteiger partial charge < -0.3 is 10.4 Å². The second kappa shape index (κ2) is 15.9. The molecule has 2 aromatic carbocycles. The first-order valence-electron chi connectivity index (χ1n) is 13.4. The average Bonchev–Trinajstić information content (AvgIpc) is 3.59. The molecule has 0 spiro atoms. The number of carboxylic acids is 1. The van der Waals surface area contributed by atoms with Crippen LogP contribution in [-0.2, 0) is 32.3 Å². The highest BCUT2D eigenvalue weighted by Crippen LogP contribution is 2.36. The lowest BCUT2D eigenvalue weighted by molar-refractivity contribution is -0.136. The van der Waals surface area contributed by atoms with Crippen LogP contribution in [0.15, 0.2) is 60.7 Å². The van der Waals surface area contributed by atoms with Crippen LogP contribution in [0.1, 0.15) is 9.75 Å². The van der Waals surface area contributed by atoms with E-state index in [1.54, 1.807) is 30.3 Å². The van der Waals surface area contributed by atoms with E-state index in [9.17, 15) is 18.0 Å². The number of amides is 1. The van der Waals surface area contributed by atoms with Gasteiger partial charge >= 0.3 is 5.97 Å². The average molecular weight is 735 g/mol. The van der Waals surface area contributed by atoms with Crippen molar-refractivity contribution >= 4 is 90.8 Å². The van der Waals surface area contributed by atoms with Gasteiger partial charge in [0.2, 0.25) is 5.91 Å². The predicted molar refractivity (Wildman–Crippen MR) is 183 cm³/mol. The van der Waals surface area contributed by atoms with E-state index < -0.39 is 15.8 Å². The van der Waals surface area contributed by atoms with Crippen molar-refractivity contribution in [1.29, 1.82) is 0 Å². The summed E-state index contributed by atoms with van der Waals surface area (Å²) in [7, 11) is -2.87. The van der Waals surface area contributed by atoms with E-state index in [0.717, 1.165) is 30.6 Å². The van der Waals surface area contributed by atoms with E-state index >= 15 is 0 Å². The normalized spacial score (nSPS) is 14.5. The Kier molecular flexibility index (Phi) is 12.6. The third-order valence-corrected chi connectivity index (χ3v) is 11.5. The summed E-state index contributed by atoms with van der Waals surface area (Å²) in [4.78, 5) is 28.5. The van der Waals surface area contributed by atoms with Gasteiger partial charge in [-0.25, -0.2) is 8.42 Å². The van der Waals surface area contributed by atoms with Crippen molar-refractivity contribution in [2.75, 3.05) is 37.7 Å². The number of carbonyl (C=O) groups is 2. The number of halogens is 4. The summed E-state index contributed by atoms with van der Waals surface area (Å²) >= 11 is 27.0. The molecule has 2 aromatic heterocycles. The Hall–Kier alpha value is -2.15. The summed E-state index contributed by atoms with van der Waals surface area (Å²) in [6.45, 7) is 2.25. The van der Waals surface area contributed by atoms with Gasteiger partial charge in [-0.3, -0.25) is 14.5 Å². The van der Waals surface area contributed by atoms with Crippen molar-refractivity contribution in [1.82, 2.24) is 10.2 Å². The molecule has 0 radical (unpaired) electrons. The summed E-state index contributed by atoms with van der Waals surface area (Å²) in [5, 5.41) is 13.9. The Morgan fingerprint density at radius 3 is 1.75 bits per heavy atom. The number of benzene rings is 2. The van der Waals surface area contributed by atoms with Gasteiger partial charge in [0.15, 0.2) is 9.84 Å². The lowest BCUT2D eigenvalue weighted by atomic mass is 10.2. The number of carboxylic acid groups (broad SMARTS) is 1. The third-order valence-electron chi connectivity index (χ3n) is 6.56. The van der Waals surface area contributed by atoms with Gasteiger partial charge in [-0.1, -0.05) is 58.5 Å². The Balaban J connectivity index is 0.000000223. The molecule has 3 heterocycles. The van der Waals surface area contributed by atoms with Crippen molar-refractivity contribution in [2.24, 2.45) is 0 Å². The Morgan fingerprint density at radius 2 is 1.27 bits per heavy atom. The van der Waals surface area contributed by atoms with Crippen LogP contribution in [0, 0.1) is 0 Å². The number of hydrogen-bond acceptors (Lipinski definition) is 7. The number of hydrogen-bond donors (Lipinski definition) is 2. The number of rotatable bonds is 9. The highest BCUT2D eigenvalue weighted by molar-refractivity contribution is 7.91. The fourth-order valence-corrected chi connectivity index (χ4v) is 8.80. The molecule has 1 fully saturated rings. The number of aliphatic carboxylic acids is 1. The number of nitrogens with one attached hydrogen (secondary N) is 1. The lowest BCUT2D eigenvalue weighted by Crippen LogP contribution is -2.44. The smallest absolute Gasteiger partial charge is 0.308 e. The number of sulfone groups is 1. The van der Waals surface area contributed by atoms with Crippen molar-refractivity contribution < 1.29 is 23.1 Å². The Bertz CT molecular complexity index is 1730. The number of nitrogens with zero attached hydrogens (tertiary/aromatic N) is 1. The molecule has 1 aliphatic rings. The van der Waals surface area contributed by atoms with Crippen LogP contribution in [0.4, 0.5) is 0 Å². The summed E-state index contributed by atoms with van der Waals surface area (Å²) in [5.74, 6) is -0.478. The third kappa shape index (κ3) is 10.5. The molecule has 14 heteroatoms. The fraction of sp³-hybridized carbons (Fsp3) is 0.267. The van der Waals surface area contributed by atoms with E-state index in [1.165, 1.54) is 22.7 Å². The molecule has 0 bridgehead atoms. The molecular weight excluding hydrogens is 706 g/mol. The molecule has 0 atom stereocenters. The van der Waals surface area contributed by atoms with Gasteiger partial charge in [0, 0.05) is 66.9 Å². The van der Waals surface area contributed by atoms with Gasteiger partial charge in [0.05, 0.1) is 34.4 Å². The van der Waals surface area contributed by atoms with Gasteiger partial charge in [0.1, 0.15) is 0 Å². The van der Waals surface area contributed by atoms with Crippen molar-refractivity contribution in [3.8, 4) is 20.9 Å². The molecule has 5 rings (SSSR count). The minimum atomic E-state index is -2.87. The molecule has 44 heavy (non-hydrogen) atoms. The minimum Gasteiger partial charge on any atom is -0.481 e. The van der Waals surface area contributed by atoms with Crippen molar-refractivity contribution in [2.45, 2.75) is 12.8 Å². The van der Waals surface area contributed by atoms with Crippen molar-refractivity contribution in [3.05, 3.63) is 90.5 Å². The fourth-order valence-electron chi connectivity index (χ4n) is 4.31. The predicted octanol–water partition coefficient (Wildman–Crippen LogP) is 7.46. The molecule has 234 valence electrons. The van der Waals surface area contributed by atoms with Crippen LogP contribution in [0.25, 0.3) is 20.9 Å². The minimum absolute atomic E-state index is 0.0376. The second-order valence-corrected chi connectivity index (χ2v) is 16.2. The van der Waals surface area contributed by atoms with E-state index in [-0.39, 0.29) is 23.8 Å². The first-order chi connectivity index (χ1) is 20.9. The first kappa shape index (κ1) is 34.7. The van der Waals surface area contributed by atoms with Gasteiger partial charge in [-0.2, -0.15) is 0 Å². The summed E-state index contributed by atoms with van der Waals surface area (Å²) in [5.41, 5.74) is 1.77. The monoisotopic (exact) mass is 732 g/mol. The maximum absolute atomic E-state index is 12.2. The second-order valence-electron chi connectivity index (χ2n) is 9.87. The Labute approximate surface area is 284 Å². The van der Waals surface area contributed by atoms with Gasteiger partial charge in [0.25, 0.3) is 0 Å². The summed E-state index contributed by atoms with van der Waals surface area (Å²) in [6, 6.07) is 18.2. The van der Waals surface area contributed by atoms with Crippen LogP contribution in [0.5, 0.6) is 0 Å². The molecule has 1 saturated heterocycles. The highest BCUT2D eigenvalue weighted by Gasteiger charge is 2.21. The number of thiophene rings is 2. The Morgan fingerprint density at radius 1 is 0.773 bits per heavy atom. The molecule has 1 amide bonds. The first-order valence-corrected chi connectivity index (χ1v) is 18.3. The van der Waals surface area contributed by atoms with E-state index in [1.807, 2.05) is 30.3 Å². The molecule has 0 saturated carbocycles. The molecule has 7 nitrogen and oxygen atoms in total. The molecule has 1 aliphatic heterocycles. The zero-order valence-corrected chi connectivity index (χ0v) is 28.7. The summed E-state index contributed by atoms with van der Waals surface area (Å²) < 4.78 is 22.8. The quantitative estimate of drug-likeness (QED) is 0.185. The topological polar surface area (TPSA) is 104 Å². The van der Waals surface area contributed by atoms with Crippen LogP contribution in [0.2, 0.25) is 20.1 Å². The largest absolute Gasteiger partial charge is 0.481 e. The van der Waals surface area contributed by atoms with Gasteiger partial charge in [-0.05, 0) is 48.5 Å². The SMILES string of the molecule is O=C(Cc1ccc(-c2ccc(Cl)cc2Cl)s1)NCCN1CCS(=O)(=O)CC1.O=C(O)Cc1ccc(-c2ccc(Cl)cc2Cl)s1. The van der Waals surface area contributed by atoms with Crippen molar-refractivity contribution in [3.63, 3.8) is 0 Å². The molecule has 2 N–H and O–H groups in total. The van der Waals surface area contributed by atoms with Crippen LogP contribution in [0.3, 0.4) is 0 Å². The molecular formula is C30H28Cl4N2O5S3. The van der Waals surface area contributed by atoms with E-state index in [2.05, 4.69) is 10.2 Å². The van der Waals surface area contributed by atoms with E-state index in [0.29, 0.717) is 52.7 Å².